The van der Waals surface area contributed by atoms with Gasteiger partial charge < -0.3 is 5.73 Å². The van der Waals surface area contributed by atoms with E-state index in [1.165, 1.54) is 6.33 Å². The highest BCUT2D eigenvalue weighted by atomic mass is 15.3. The summed E-state index contributed by atoms with van der Waals surface area (Å²) >= 11 is 0. The maximum Gasteiger partial charge on any atom is 0.151 e. The monoisotopic (exact) mass is 176 g/mol. The lowest BCUT2D eigenvalue weighted by atomic mass is 10.1. The van der Waals surface area contributed by atoms with Crippen molar-refractivity contribution >= 4 is 11.3 Å². The molecule has 0 bridgehead atoms. The minimum Gasteiger partial charge on any atom is -0.382 e. The first kappa shape index (κ1) is 8.04. The number of rotatable bonds is 1. The second-order valence-electron chi connectivity index (χ2n) is 3.36. The van der Waals surface area contributed by atoms with E-state index in [9.17, 15) is 0 Å². The van der Waals surface area contributed by atoms with Gasteiger partial charge in [0.15, 0.2) is 5.82 Å². The Morgan fingerprint density at radius 3 is 2.85 bits per heavy atom. The molecule has 0 saturated carbocycles. The highest BCUT2D eigenvalue weighted by Gasteiger charge is 2.08. The number of nitrogen functional groups attached to an aromatic ring is 1. The van der Waals surface area contributed by atoms with Crippen LogP contribution in [0.4, 0.5) is 5.82 Å². The third kappa shape index (κ3) is 1.14. The summed E-state index contributed by atoms with van der Waals surface area (Å²) in [4.78, 5) is 3.93. The Bertz CT molecular complexity index is 430. The van der Waals surface area contributed by atoms with E-state index in [-0.39, 0.29) is 0 Å². The lowest BCUT2D eigenvalue weighted by Gasteiger charge is -2.04. The third-order valence-corrected chi connectivity index (χ3v) is 2.10. The largest absolute Gasteiger partial charge is 0.382 e. The molecule has 0 aromatic carbocycles. The van der Waals surface area contributed by atoms with E-state index in [1.54, 1.807) is 0 Å². The molecule has 2 aromatic heterocycles. The van der Waals surface area contributed by atoms with Crippen LogP contribution in [-0.2, 0) is 0 Å². The van der Waals surface area contributed by atoms with Gasteiger partial charge in [-0.3, -0.25) is 0 Å². The standard InChI is InChI=1S/C9H12N4/c1-6(2)7-3-4-8-9(10)11-5-12-13(7)8/h3-6H,1-2H3,(H2,10,11,12). The van der Waals surface area contributed by atoms with Crippen LogP contribution in [0.15, 0.2) is 18.5 Å². The Balaban J connectivity index is 2.75. The van der Waals surface area contributed by atoms with Gasteiger partial charge in [-0.25, -0.2) is 9.50 Å². The Hall–Kier alpha value is -1.58. The number of hydrogen-bond donors (Lipinski definition) is 1. The van der Waals surface area contributed by atoms with Crippen LogP contribution in [0.5, 0.6) is 0 Å². The van der Waals surface area contributed by atoms with E-state index in [4.69, 9.17) is 5.73 Å². The fourth-order valence-electron chi connectivity index (χ4n) is 1.41. The zero-order valence-electron chi connectivity index (χ0n) is 7.73. The van der Waals surface area contributed by atoms with Crippen LogP contribution >= 0.6 is 0 Å². The zero-order chi connectivity index (χ0) is 9.42. The van der Waals surface area contributed by atoms with Gasteiger partial charge in [-0.1, -0.05) is 13.8 Å². The van der Waals surface area contributed by atoms with Gasteiger partial charge in [-0.15, -0.1) is 0 Å². The molecule has 0 unspecified atom stereocenters. The molecule has 2 rings (SSSR count). The van der Waals surface area contributed by atoms with E-state index in [2.05, 4.69) is 23.9 Å². The van der Waals surface area contributed by atoms with Crippen LogP contribution in [0.3, 0.4) is 0 Å². The van der Waals surface area contributed by atoms with E-state index < -0.39 is 0 Å². The average molecular weight is 176 g/mol. The first-order chi connectivity index (χ1) is 6.20. The predicted molar refractivity (Wildman–Crippen MR) is 51.5 cm³/mol. The molecule has 2 N–H and O–H groups in total. The highest BCUT2D eigenvalue weighted by molar-refractivity contribution is 5.65. The molecular weight excluding hydrogens is 164 g/mol. The van der Waals surface area contributed by atoms with Crippen molar-refractivity contribution in [1.82, 2.24) is 14.6 Å². The predicted octanol–water partition coefficient (Wildman–Crippen LogP) is 1.43. The summed E-state index contributed by atoms with van der Waals surface area (Å²) in [6.07, 6.45) is 1.48. The number of anilines is 1. The van der Waals surface area contributed by atoms with Gasteiger partial charge in [-0.2, -0.15) is 5.10 Å². The molecule has 2 aromatic rings. The molecular formula is C9H12N4. The highest BCUT2D eigenvalue weighted by Crippen LogP contribution is 2.19. The number of aromatic nitrogens is 3. The van der Waals surface area contributed by atoms with Crippen molar-refractivity contribution in [2.24, 2.45) is 0 Å². The molecule has 0 aliphatic carbocycles. The SMILES string of the molecule is CC(C)c1ccc2c(N)ncnn12. The summed E-state index contributed by atoms with van der Waals surface area (Å²) in [5.74, 6) is 0.971. The number of nitrogens with zero attached hydrogens (tertiary/aromatic N) is 3. The van der Waals surface area contributed by atoms with Gasteiger partial charge in [0.05, 0.1) is 0 Å². The topological polar surface area (TPSA) is 56.2 Å². The van der Waals surface area contributed by atoms with Gasteiger partial charge in [0, 0.05) is 5.69 Å². The smallest absolute Gasteiger partial charge is 0.151 e. The van der Waals surface area contributed by atoms with Crippen LogP contribution in [0, 0.1) is 0 Å². The molecule has 0 amide bonds. The quantitative estimate of drug-likeness (QED) is 0.715. The summed E-state index contributed by atoms with van der Waals surface area (Å²) in [6.45, 7) is 4.25. The average Bonchev–Trinajstić information content (AvgIpc) is 2.48. The molecule has 0 saturated heterocycles. The van der Waals surface area contributed by atoms with Crippen molar-refractivity contribution < 1.29 is 0 Å². The lowest BCUT2D eigenvalue weighted by Crippen LogP contribution is -2.02. The Kier molecular flexibility index (Phi) is 1.69. The summed E-state index contributed by atoms with van der Waals surface area (Å²) < 4.78 is 1.84. The summed E-state index contributed by atoms with van der Waals surface area (Å²) in [7, 11) is 0. The Labute approximate surface area is 76.4 Å². The third-order valence-electron chi connectivity index (χ3n) is 2.10. The summed E-state index contributed by atoms with van der Waals surface area (Å²) in [5.41, 5.74) is 7.74. The lowest BCUT2D eigenvalue weighted by molar-refractivity contribution is 0.752. The van der Waals surface area contributed by atoms with Crippen molar-refractivity contribution in [1.29, 1.82) is 0 Å². The molecule has 0 spiro atoms. The van der Waals surface area contributed by atoms with Crippen LogP contribution in [0.25, 0.3) is 5.52 Å². The van der Waals surface area contributed by atoms with E-state index in [1.807, 2.05) is 16.6 Å². The van der Waals surface area contributed by atoms with Crippen molar-refractivity contribution in [3.8, 4) is 0 Å². The van der Waals surface area contributed by atoms with Crippen LogP contribution in [-0.4, -0.2) is 14.6 Å². The number of hydrogen-bond acceptors (Lipinski definition) is 3. The molecule has 13 heavy (non-hydrogen) atoms. The van der Waals surface area contributed by atoms with E-state index >= 15 is 0 Å². The Morgan fingerprint density at radius 2 is 2.15 bits per heavy atom. The first-order valence-corrected chi connectivity index (χ1v) is 4.28. The maximum absolute atomic E-state index is 5.70. The van der Waals surface area contributed by atoms with E-state index in [0.717, 1.165) is 11.2 Å². The van der Waals surface area contributed by atoms with Gasteiger partial charge >= 0.3 is 0 Å². The second-order valence-corrected chi connectivity index (χ2v) is 3.36. The number of nitrogens with two attached hydrogens (primary N) is 1. The molecule has 68 valence electrons. The Morgan fingerprint density at radius 1 is 1.38 bits per heavy atom. The minimum absolute atomic E-state index is 0.441. The van der Waals surface area contributed by atoms with Crippen LogP contribution < -0.4 is 5.73 Å². The van der Waals surface area contributed by atoms with Crippen molar-refractivity contribution in [3.63, 3.8) is 0 Å². The van der Waals surface area contributed by atoms with Crippen LogP contribution in [0.2, 0.25) is 0 Å². The molecule has 0 fully saturated rings. The normalized spacial score (nSPS) is 11.3. The zero-order valence-corrected chi connectivity index (χ0v) is 7.73. The fourth-order valence-corrected chi connectivity index (χ4v) is 1.41. The van der Waals surface area contributed by atoms with Gasteiger partial charge in [0.2, 0.25) is 0 Å². The summed E-state index contributed by atoms with van der Waals surface area (Å²) in [5, 5.41) is 4.15. The minimum atomic E-state index is 0.441. The van der Waals surface area contributed by atoms with Crippen LogP contribution in [0.1, 0.15) is 25.5 Å². The van der Waals surface area contributed by atoms with Gasteiger partial charge in [0.1, 0.15) is 11.8 Å². The summed E-state index contributed by atoms with van der Waals surface area (Å²) in [6, 6.07) is 3.98. The van der Waals surface area contributed by atoms with Crippen molar-refractivity contribution in [2.45, 2.75) is 19.8 Å². The molecule has 0 radical (unpaired) electrons. The molecule has 4 nitrogen and oxygen atoms in total. The molecule has 2 heterocycles. The first-order valence-electron chi connectivity index (χ1n) is 4.28. The van der Waals surface area contributed by atoms with Crippen molar-refractivity contribution in [3.05, 3.63) is 24.2 Å². The van der Waals surface area contributed by atoms with Gasteiger partial charge in [0.25, 0.3) is 0 Å². The molecule has 0 aliphatic heterocycles. The molecule has 4 heteroatoms. The van der Waals surface area contributed by atoms with Crippen molar-refractivity contribution in [2.75, 3.05) is 5.73 Å². The number of fused-ring (bicyclic) bond motifs is 1. The van der Waals surface area contributed by atoms with E-state index in [0.29, 0.717) is 11.7 Å². The fraction of sp³-hybridized carbons (Fsp3) is 0.333. The second kappa shape index (κ2) is 2.73. The maximum atomic E-state index is 5.70. The van der Waals surface area contributed by atoms with Gasteiger partial charge in [-0.05, 0) is 18.1 Å². The molecule has 0 aliphatic rings. The molecule has 0 atom stereocenters.